The highest BCUT2D eigenvalue weighted by atomic mass is 19.1. The number of aromatic amines is 1. The van der Waals surface area contributed by atoms with E-state index in [2.05, 4.69) is 56.7 Å². The third kappa shape index (κ3) is 5.29. The molecular weight excluding hydrogens is 405 g/mol. The van der Waals surface area contributed by atoms with Crippen molar-refractivity contribution < 1.29 is 9.13 Å². The van der Waals surface area contributed by atoms with E-state index in [0.29, 0.717) is 19.8 Å². The zero-order chi connectivity index (χ0) is 22.3. The van der Waals surface area contributed by atoms with Crippen LogP contribution in [0.1, 0.15) is 22.9 Å². The molecule has 1 aliphatic rings. The first-order valence-corrected chi connectivity index (χ1v) is 11.2. The summed E-state index contributed by atoms with van der Waals surface area (Å²) >= 11 is 0. The third-order valence-corrected chi connectivity index (χ3v) is 6.12. The van der Waals surface area contributed by atoms with Crippen LogP contribution in [0.25, 0.3) is 10.9 Å². The van der Waals surface area contributed by atoms with Crippen LogP contribution in [-0.4, -0.2) is 62.3 Å². The van der Waals surface area contributed by atoms with Crippen molar-refractivity contribution in [1.29, 1.82) is 0 Å². The first kappa shape index (κ1) is 22.3. The molecule has 3 aromatic rings. The second-order valence-corrected chi connectivity index (χ2v) is 8.12. The molecule has 6 nitrogen and oxygen atoms in total. The first-order chi connectivity index (χ1) is 15.7. The number of aryl methyl sites for hydroxylation is 1. The molecule has 2 aromatic carbocycles. The van der Waals surface area contributed by atoms with Gasteiger partial charge in [-0.15, -0.1) is 0 Å². The lowest BCUT2D eigenvalue weighted by atomic mass is 10.0. The minimum Gasteiger partial charge on any atom is -0.379 e. The van der Waals surface area contributed by atoms with E-state index in [1.807, 2.05) is 12.1 Å². The lowest BCUT2D eigenvalue weighted by Gasteiger charge is -2.35. The number of aliphatic imine (C=N–C) groups is 1. The van der Waals surface area contributed by atoms with Gasteiger partial charge in [-0.25, -0.2) is 4.39 Å². The molecule has 1 aromatic heterocycles. The Kier molecular flexibility index (Phi) is 7.39. The maximum absolute atomic E-state index is 13.5. The van der Waals surface area contributed by atoms with Gasteiger partial charge in [-0.05, 0) is 42.7 Å². The molecule has 0 spiro atoms. The van der Waals surface area contributed by atoms with Crippen molar-refractivity contribution in [3.05, 3.63) is 71.2 Å². The number of aromatic nitrogens is 1. The maximum Gasteiger partial charge on any atom is 0.191 e. The van der Waals surface area contributed by atoms with Crippen LogP contribution in [0.5, 0.6) is 0 Å². The summed E-state index contributed by atoms with van der Waals surface area (Å²) in [6.07, 6.45) is 0.904. The van der Waals surface area contributed by atoms with Gasteiger partial charge in [0.15, 0.2) is 5.96 Å². The van der Waals surface area contributed by atoms with Crippen LogP contribution >= 0.6 is 0 Å². The Morgan fingerprint density at radius 2 is 1.88 bits per heavy atom. The second-order valence-electron chi connectivity index (χ2n) is 8.12. The molecule has 0 bridgehead atoms. The fraction of sp³-hybridized carbons (Fsp3) is 0.400. The number of H-pyrrole nitrogens is 1. The van der Waals surface area contributed by atoms with Gasteiger partial charge >= 0.3 is 0 Å². The fourth-order valence-electron chi connectivity index (χ4n) is 4.41. The molecule has 0 radical (unpaired) electrons. The van der Waals surface area contributed by atoms with Gasteiger partial charge in [-0.1, -0.05) is 30.3 Å². The van der Waals surface area contributed by atoms with Gasteiger partial charge in [0.25, 0.3) is 0 Å². The van der Waals surface area contributed by atoms with E-state index >= 15 is 0 Å². The molecule has 170 valence electrons. The Hall–Kier alpha value is -2.90. The molecule has 7 heteroatoms. The molecule has 0 amide bonds. The number of hydrogen-bond donors (Lipinski definition) is 3. The van der Waals surface area contributed by atoms with Gasteiger partial charge in [-0.3, -0.25) is 9.89 Å². The number of rotatable bonds is 7. The van der Waals surface area contributed by atoms with Gasteiger partial charge in [-0.2, -0.15) is 0 Å². The summed E-state index contributed by atoms with van der Waals surface area (Å²) in [4.78, 5) is 10.2. The highest BCUT2D eigenvalue weighted by molar-refractivity contribution is 5.84. The van der Waals surface area contributed by atoms with Crippen LogP contribution in [0.15, 0.2) is 53.5 Å². The number of benzene rings is 2. The molecule has 1 aliphatic heterocycles. The SMILES string of the molecule is CN=C(NCCc1c(C)[nH]c2ccccc12)NCC(c1ccc(F)cc1)N1CCOCC1. The number of fused-ring (bicyclic) bond motifs is 1. The normalized spacial score (nSPS) is 16.3. The molecule has 32 heavy (non-hydrogen) atoms. The predicted octanol–water partition coefficient (Wildman–Crippen LogP) is 3.40. The van der Waals surface area contributed by atoms with E-state index in [4.69, 9.17) is 4.74 Å². The van der Waals surface area contributed by atoms with Crippen molar-refractivity contribution >= 4 is 16.9 Å². The Balaban J connectivity index is 1.37. The molecule has 4 rings (SSSR count). The van der Waals surface area contributed by atoms with Crippen LogP contribution in [0.4, 0.5) is 4.39 Å². The van der Waals surface area contributed by atoms with Crippen LogP contribution in [-0.2, 0) is 11.2 Å². The van der Waals surface area contributed by atoms with Gasteiger partial charge in [0.05, 0.1) is 19.3 Å². The molecule has 1 atom stereocenters. The summed E-state index contributed by atoms with van der Waals surface area (Å²) in [7, 11) is 1.79. The highest BCUT2D eigenvalue weighted by Crippen LogP contribution is 2.23. The van der Waals surface area contributed by atoms with Gasteiger partial charge in [0.1, 0.15) is 5.82 Å². The average molecular weight is 438 g/mol. The van der Waals surface area contributed by atoms with Crippen molar-refractivity contribution in [1.82, 2.24) is 20.5 Å². The Morgan fingerprint density at radius 1 is 1.12 bits per heavy atom. The molecule has 0 aliphatic carbocycles. The number of guanidine groups is 1. The fourth-order valence-corrected chi connectivity index (χ4v) is 4.41. The summed E-state index contributed by atoms with van der Waals surface area (Å²) < 4.78 is 19.0. The molecule has 1 fully saturated rings. The molecule has 0 saturated carbocycles. The van der Waals surface area contributed by atoms with E-state index < -0.39 is 0 Å². The summed E-state index contributed by atoms with van der Waals surface area (Å²) in [5, 5.41) is 8.18. The van der Waals surface area contributed by atoms with E-state index in [1.165, 1.54) is 34.3 Å². The summed E-state index contributed by atoms with van der Waals surface area (Å²) in [5.41, 5.74) is 4.81. The zero-order valence-electron chi connectivity index (χ0n) is 18.8. The lowest BCUT2D eigenvalue weighted by molar-refractivity contribution is 0.0170. The summed E-state index contributed by atoms with van der Waals surface area (Å²) in [6, 6.07) is 15.3. The lowest BCUT2D eigenvalue weighted by Crippen LogP contribution is -2.46. The Bertz CT molecular complexity index is 1040. The number of para-hydroxylation sites is 1. The average Bonchev–Trinajstić information content (AvgIpc) is 3.14. The maximum atomic E-state index is 13.5. The predicted molar refractivity (Wildman–Crippen MR) is 128 cm³/mol. The van der Waals surface area contributed by atoms with Crippen molar-refractivity contribution in [3.63, 3.8) is 0 Å². The molecule has 1 saturated heterocycles. The number of ether oxygens (including phenoxy) is 1. The summed E-state index contributed by atoms with van der Waals surface area (Å²) in [6.45, 7) is 6.73. The van der Waals surface area contributed by atoms with Gasteiger partial charge in [0, 0.05) is 49.8 Å². The van der Waals surface area contributed by atoms with Crippen molar-refractivity contribution in [2.24, 2.45) is 4.99 Å². The first-order valence-electron chi connectivity index (χ1n) is 11.2. The van der Waals surface area contributed by atoms with E-state index in [-0.39, 0.29) is 11.9 Å². The van der Waals surface area contributed by atoms with Gasteiger partial charge in [0.2, 0.25) is 0 Å². The molecule has 2 heterocycles. The van der Waals surface area contributed by atoms with Crippen molar-refractivity contribution in [2.75, 3.05) is 46.4 Å². The number of hydrogen-bond acceptors (Lipinski definition) is 3. The van der Waals surface area contributed by atoms with E-state index in [9.17, 15) is 4.39 Å². The second kappa shape index (κ2) is 10.6. The van der Waals surface area contributed by atoms with E-state index in [1.54, 1.807) is 7.05 Å². The quantitative estimate of drug-likeness (QED) is 0.392. The molecule has 1 unspecified atom stereocenters. The number of nitrogens with zero attached hydrogens (tertiary/aromatic N) is 2. The topological polar surface area (TPSA) is 64.7 Å². The Labute approximate surface area is 188 Å². The zero-order valence-corrected chi connectivity index (χ0v) is 18.8. The van der Waals surface area contributed by atoms with Crippen LogP contribution in [0.3, 0.4) is 0 Å². The van der Waals surface area contributed by atoms with Crippen LogP contribution in [0.2, 0.25) is 0 Å². The van der Waals surface area contributed by atoms with Gasteiger partial charge < -0.3 is 20.4 Å². The van der Waals surface area contributed by atoms with Crippen molar-refractivity contribution in [2.45, 2.75) is 19.4 Å². The number of halogens is 1. The van der Waals surface area contributed by atoms with Crippen LogP contribution < -0.4 is 10.6 Å². The minimum atomic E-state index is -0.215. The smallest absolute Gasteiger partial charge is 0.191 e. The monoisotopic (exact) mass is 437 g/mol. The van der Waals surface area contributed by atoms with Crippen LogP contribution in [0, 0.1) is 12.7 Å². The third-order valence-electron chi connectivity index (χ3n) is 6.12. The minimum absolute atomic E-state index is 0.119. The largest absolute Gasteiger partial charge is 0.379 e. The number of nitrogens with one attached hydrogen (secondary N) is 3. The van der Waals surface area contributed by atoms with Crippen molar-refractivity contribution in [3.8, 4) is 0 Å². The van der Waals surface area contributed by atoms with E-state index in [0.717, 1.165) is 37.6 Å². The molecule has 3 N–H and O–H groups in total. The highest BCUT2D eigenvalue weighted by Gasteiger charge is 2.23. The Morgan fingerprint density at radius 3 is 2.62 bits per heavy atom. The number of morpholine rings is 1. The summed E-state index contributed by atoms with van der Waals surface area (Å²) in [5.74, 6) is 0.551. The molecular formula is C25H32FN5O. The standard InChI is InChI=1S/C25H32FN5O/c1-18-21(22-5-3-4-6-23(22)30-18)11-12-28-25(27-2)29-17-24(31-13-15-32-16-14-31)19-7-9-20(26)10-8-19/h3-10,24,30H,11-17H2,1-2H3,(H2,27,28,29).